The number of nitrogens with zero attached hydrogens (tertiary/aromatic N) is 2. The van der Waals surface area contributed by atoms with Gasteiger partial charge in [0.25, 0.3) is 0 Å². The third-order valence-corrected chi connectivity index (χ3v) is 10.5. The molecule has 2 nitrogen and oxygen atoms in total. The molecule has 0 N–H and O–H groups in total. The Balaban J connectivity index is 1.89. The van der Waals surface area contributed by atoms with Crippen molar-refractivity contribution in [3.8, 4) is 0 Å². The van der Waals surface area contributed by atoms with Gasteiger partial charge in [-0.05, 0) is 25.7 Å². The van der Waals surface area contributed by atoms with E-state index in [1.165, 1.54) is 228 Å². The zero-order chi connectivity index (χ0) is 29.0. The molecule has 0 aromatic rings. The van der Waals surface area contributed by atoms with Crippen molar-refractivity contribution in [3.05, 3.63) is 0 Å². The van der Waals surface area contributed by atoms with Crippen LogP contribution in [0.2, 0.25) is 0 Å². The van der Waals surface area contributed by atoms with Crippen LogP contribution in [0.4, 0.5) is 0 Å². The van der Waals surface area contributed by atoms with Gasteiger partial charge in [-0.15, -0.1) is 0 Å². The third kappa shape index (κ3) is 22.5. The van der Waals surface area contributed by atoms with Crippen LogP contribution in [0, 0.1) is 0 Å². The summed E-state index contributed by atoms with van der Waals surface area (Å²) in [6, 6.07) is 0. The Morgan fingerprint density at radius 2 is 0.450 bits per heavy atom. The Hall–Kier alpha value is -0.0800. The van der Waals surface area contributed by atoms with E-state index in [9.17, 15) is 0 Å². The molecule has 1 heterocycles. The lowest BCUT2D eigenvalue weighted by molar-refractivity contribution is -1.02. The topological polar surface area (TPSA) is 0 Å². The van der Waals surface area contributed by atoms with E-state index < -0.39 is 0 Å². The van der Waals surface area contributed by atoms with E-state index in [0.717, 1.165) is 0 Å². The molecule has 0 amide bonds. The van der Waals surface area contributed by atoms with Gasteiger partial charge in [0.15, 0.2) is 0 Å². The molecule has 0 unspecified atom stereocenters. The first-order chi connectivity index (χ1) is 19.5. The number of piperazine rings is 1. The molecular formula is C38H80N2+2. The van der Waals surface area contributed by atoms with Gasteiger partial charge in [0.1, 0.15) is 26.2 Å². The lowest BCUT2D eigenvalue weighted by Gasteiger charge is -2.46. The summed E-state index contributed by atoms with van der Waals surface area (Å²) in [5.74, 6) is 0. The second-order valence-electron chi connectivity index (χ2n) is 14.8. The quantitative estimate of drug-likeness (QED) is 0.0601. The number of hydrogen-bond donors (Lipinski definition) is 0. The predicted molar refractivity (Wildman–Crippen MR) is 182 cm³/mol. The van der Waals surface area contributed by atoms with Crippen molar-refractivity contribution in [1.29, 1.82) is 0 Å². The molecule has 0 spiro atoms. The lowest BCUT2D eigenvalue weighted by atomic mass is 10.0. The molecule has 1 rings (SSSR count). The van der Waals surface area contributed by atoms with Crippen LogP contribution < -0.4 is 0 Å². The molecule has 0 aromatic heterocycles. The van der Waals surface area contributed by atoms with Crippen LogP contribution in [0.5, 0.6) is 0 Å². The number of hydrogen-bond acceptors (Lipinski definition) is 0. The molecule has 240 valence electrons. The Kier molecular flexibility index (Phi) is 25.2. The van der Waals surface area contributed by atoms with E-state index in [1.54, 1.807) is 0 Å². The van der Waals surface area contributed by atoms with Crippen LogP contribution in [0.3, 0.4) is 0 Å². The summed E-state index contributed by atoms with van der Waals surface area (Å²) in [5.41, 5.74) is 0. The molecule has 0 radical (unpaired) electrons. The summed E-state index contributed by atoms with van der Waals surface area (Å²) in [6.07, 6.45) is 41.1. The fourth-order valence-electron chi connectivity index (χ4n) is 7.01. The minimum Gasteiger partial charge on any atom is -0.317 e. The van der Waals surface area contributed by atoms with E-state index in [2.05, 4.69) is 27.9 Å². The summed E-state index contributed by atoms with van der Waals surface area (Å²) < 4.78 is 2.70. The van der Waals surface area contributed by atoms with E-state index in [0.29, 0.717) is 0 Å². The lowest BCUT2D eigenvalue weighted by Crippen LogP contribution is -2.64. The van der Waals surface area contributed by atoms with Gasteiger partial charge in [0.2, 0.25) is 0 Å². The normalized spacial score (nSPS) is 21.3. The Bertz CT molecular complexity index is 462. The fourth-order valence-corrected chi connectivity index (χ4v) is 7.01. The maximum Gasteiger partial charge on any atom is 0.128 e. The van der Waals surface area contributed by atoms with Crippen LogP contribution in [0.25, 0.3) is 0 Å². The SMILES string of the molecule is CCCCCCCCCCCCCCCC[N+]1(C)CC[N+](C)(CCCCCCCCCCCCCCCC)CC1. The first-order valence-electron chi connectivity index (χ1n) is 19.2. The van der Waals surface area contributed by atoms with Gasteiger partial charge in [0.05, 0.1) is 27.2 Å². The summed E-state index contributed by atoms with van der Waals surface area (Å²) in [4.78, 5) is 0. The maximum absolute atomic E-state index is 2.55. The Morgan fingerprint density at radius 1 is 0.275 bits per heavy atom. The monoisotopic (exact) mass is 565 g/mol. The number of rotatable bonds is 30. The van der Waals surface area contributed by atoms with Crippen molar-refractivity contribution in [2.75, 3.05) is 53.4 Å². The fraction of sp³-hybridized carbons (Fsp3) is 1.00. The molecule has 0 bridgehead atoms. The number of quaternary nitrogens is 2. The average molecular weight is 565 g/mol. The summed E-state index contributed by atoms with van der Waals surface area (Å²) >= 11 is 0. The highest BCUT2D eigenvalue weighted by Gasteiger charge is 2.36. The van der Waals surface area contributed by atoms with Crippen molar-refractivity contribution in [2.45, 2.75) is 194 Å². The first-order valence-corrected chi connectivity index (χ1v) is 19.2. The van der Waals surface area contributed by atoms with Crippen molar-refractivity contribution < 1.29 is 8.97 Å². The molecule has 0 aromatic carbocycles. The molecule has 1 saturated heterocycles. The van der Waals surface area contributed by atoms with E-state index in [1.807, 2.05) is 0 Å². The van der Waals surface area contributed by atoms with E-state index in [4.69, 9.17) is 0 Å². The summed E-state index contributed by atoms with van der Waals surface area (Å²) in [7, 11) is 5.11. The van der Waals surface area contributed by atoms with Crippen LogP contribution in [-0.4, -0.2) is 62.3 Å². The molecule has 2 heteroatoms. The molecule has 0 saturated carbocycles. The molecule has 0 aliphatic carbocycles. The molecular weight excluding hydrogens is 484 g/mol. The van der Waals surface area contributed by atoms with Crippen LogP contribution in [-0.2, 0) is 0 Å². The van der Waals surface area contributed by atoms with Crippen LogP contribution in [0.15, 0.2) is 0 Å². The highest BCUT2D eigenvalue weighted by molar-refractivity contribution is 4.55. The highest BCUT2D eigenvalue weighted by atomic mass is 15.4. The minimum absolute atomic E-state index is 1.35. The number of likely N-dealkylation sites (N-methyl/N-ethyl adjacent to an activating group) is 2. The molecule has 1 fully saturated rings. The van der Waals surface area contributed by atoms with Crippen LogP contribution >= 0.6 is 0 Å². The van der Waals surface area contributed by atoms with Crippen LogP contribution in [0.1, 0.15) is 194 Å². The molecule has 0 atom stereocenters. The van der Waals surface area contributed by atoms with Gasteiger partial charge in [-0.2, -0.15) is 0 Å². The maximum atomic E-state index is 2.55. The van der Waals surface area contributed by atoms with Crippen molar-refractivity contribution in [2.24, 2.45) is 0 Å². The van der Waals surface area contributed by atoms with Gasteiger partial charge in [-0.3, -0.25) is 0 Å². The number of unbranched alkanes of at least 4 members (excludes halogenated alkanes) is 26. The smallest absolute Gasteiger partial charge is 0.128 e. The van der Waals surface area contributed by atoms with E-state index in [-0.39, 0.29) is 0 Å². The second kappa shape index (κ2) is 26.5. The standard InChI is InChI=1S/C38H80N2/c1-5-7-9-11-13-15-17-19-21-23-25-27-29-31-33-39(3)35-37-40(4,38-36-39)34-32-30-28-26-24-22-20-18-16-14-12-10-8-6-2/h5-38H2,1-4H3/q+2. The molecule has 1 aliphatic rings. The Morgan fingerprint density at radius 3 is 0.650 bits per heavy atom. The summed E-state index contributed by atoms with van der Waals surface area (Å²) in [6.45, 7) is 13.1. The summed E-state index contributed by atoms with van der Waals surface area (Å²) in [5, 5.41) is 0. The van der Waals surface area contributed by atoms with Crippen molar-refractivity contribution >= 4 is 0 Å². The zero-order valence-corrected chi connectivity index (χ0v) is 28.9. The van der Waals surface area contributed by atoms with Gasteiger partial charge < -0.3 is 8.97 Å². The molecule has 40 heavy (non-hydrogen) atoms. The van der Waals surface area contributed by atoms with Crippen molar-refractivity contribution in [1.82, 2.24) is 0 Å². The second-order valence-corrected chi connectivity index (χ2v) is 14.8. The van der Waals surface area contributed by atoms with Gasteiger partial charge >= 0.3 is 0 Å². The highest BCUT2D eigenvalue weighted by Crippen LogP contribution is 2.20. The van der Waals surface area contributed by atoms with Gasteiger partial charge in [-0.25, -0.2) is 0 Å². The van der Waals surface area contributed by atoms with Crippen molar-refractivity contribution in [3.63, 3.8) is 0 Å². The van der Waals surface area contributed by atoms with E-state index >= 15 is 0 Å². The zero-order valence-electron chi connectivity index (χ0n) is 28.9. The minimum atomic E-state index is 1.35. The van der Waals surface area contributed by atoms with Gasteiger partial charge in [-0.1, -0.05) is 168 Å². The average Bonchev–Trinajstić information content (AvgIpc) is 2.95. The predicted octanol–water partition coefficient (Wildman–Crippen LogP) is 11.9. The molecule has 1 aliphatic heterocycles. The largest absolute Gasteiger partial charge is 0.317 e. The van der Waals surface area contributed by atoms with Gasteiger partial charge in [0, 0.05) is 0 Å². The Labute approximate surface area is 255 Å². The third-order valence-electron chi connectivity index (χ3n) is 10.5. The first kappa shape index (κ1) is 37.9.